The average Bonchev–Trinajstić information content (AvgIpc) is 3.58. The highest BCUT2D eigenvalue weighted by Gasteiger charge is 2.28. The highest BCUT2D eigenvalue weighted by molar-refractivity contribution is 6.02. The van der Waals surface area contributed by atoms with Gasteiger partial charge in [-0.25, -0.2) is 8.78 Å². The molecule has 0 bridgehead atoms. The minimum Gasteiger partial charge on any atom is -0.482 e. The molecule has 1 fully saturated rings. The molecule has 2 aliphatic rings. The molecule has 5 rings (SSSR count). The van der Waals surface area contributed by atoms with Crippen LogP contribution in [0.5, 0.6) is 11.5 Å². The van der Waals surface area contributed by atoms with Gasteiger partial charge in [0.15, 0.2) is 36.3 Å². The van der Waals surface area contributed by atoms with Crippen molar-refractivity contribution in [3.8, 4) is 11.5 Å². The van der Waals surface area contributed by atoms with Gasteiger partial charge in [0.2, 0.25) is 0 Å². The largest absolute Gasteiger partial charge is 0.482 e. The van der Waals surface area contributed by atoms with Crippen molar-refractivity contribution in [1.82, 2.24) is 5.32 Å². The lowest BCUT2D eigenvalue weighted by Gasteiger charge is -2.29. The molecular weight excluding hydrogens is 474 g/mol. The molecule has 0 spiro atoms. The molecule has 1 N–H and O–H groups in total. The molecule has 36 heavy (non-hydrogen) atoms. The lowest BCUT2D eigenvalue weighted by atomic mass is 10.1. The predicted molar refractivity (Wildman–Crippen MR) is 123 cm³/mol. The number of rotatable bonds is 9. The first-order valence-electron chi connectivity index (χ1n) is 11.4. The Kier molecular flexibility index (Phi) is 6.41. The summed E-state index contributed by atoms with van der Waals surface area (Å²) in [7, 11) is 0. The van der Waals surface area contributed by atoms with Gasteiger partial charge in [0.1, 0.15) is 17.3 Å². The molecule has 0 radical (unpaired) electrons. The monoisotopic (exact) mass is 496 g/mol. The van der Waals surface area contributed by atoms with Crippen molar-refractivity contribution in [2.45, 2.75) is 19.4 Å². The Morgan fingerprint density at radius 3 is 2.69 bits per heavy atom. The Morgan fingerprint density at radius 2 is 1.92 bits per heavy atom. The topological polar surface area (TPSA) is 98.1 Å². The number of carbonyl (C=O) groups excluding carboxylic acids is 3. The van der Waals surface area contributed by atoms with E-state index in [1.165, 1.54) is 17.0 Å². The number of anilines is 1. The van der Waals surface area contributed by atoms with E-state index in [-0.39, 0.29) is 42.0 Å². The number of nitrogens with one attached hydrogen (secondary N) is 1. The van der Waals surface area contributed by atoms with Gasteiger partial charge in [-0.1, -0.05) is 0 Å². The number of benzene rings is 2. The van der Waals surface area contributed by atoms with E-state index < -0.39 is 24.0 Å². The number of nitrogens with zero attached hydrogens (tertiary/aromatic N) is 1. The van der Waals surface area contributed by atoms with E-state index in [1.807, 2.05) is 0 Å². The predicted octanol–water partition coefficient (Wildman–Crippen LogP) is 3.88. The third kappa shape index (κ3) is 5.22. The minimum atomic E-state index is -0.919. The maximum absolute atomic E-state index is 13.8. The van der Waals surface area contributed by atoms with Crippen LogP contribution in [0, 0.1) is 17.6 Å². The molecule has 1 aliphatic heterocycles. The fraction of sp³-hybridized carbons (Fsp3) is 0.269. The van der Waals surface area contributed by atoms with Crippen molar-refractivity contribution in [2.75, 3.05) is 24.7 Å². The van der Waals surface area contributed by atoms with Crippen LogP contribution in [0.2, 0.25) is 0 Å². The van der Waals surface area contributed by atoms with E-state index in [2.05, 4.69) is 5.32 Å². The number of amides is 2. The van der Waals surface area contributed by atoms with E-state index >= 15 is 0 Å². The maximum atomic E-state index is 13.8. The van der Waals surface area contributed by atoms with E-state index in [1.54, 1.807) is 18.2 Å². The second-order valence-corrected chi connectivity index (χ2v) is 8.66. The molecule has 0 atom stereocenters. The van der Waals surface area contributed by atoms with Crippen LogP contribution in [0.3, 0.4) is 0 Å². The molecule has 2 amide bonds. The summed E-state index contributed by atoms with van der Waals surface area (Å²) < 4.78 is 43.2. The summed E-state index contributed by atoms with van der Waals surface area (Å²) >= 11 is 0. The number of carbonyl (C=O) groups is 3. The zero-order chi connectivity index (χ0) is 25.2. The van der Waals surface area contributed by atoms with Gasteiger partial charge in [-0.05, 0) is 61.2 Å². The number of ketones is 1. The van der Waals surface area contributed by atoms with Crippen LogP contribution in [0.25, 0.3) is 0 Å². The number of furan rings is 1. The second kappa shape index (κ2) is 9.80. The van der Waals surface area contributed by atoms with Crippen molar-refractivity contribution in [3.05, 3.63) is 77.2 Å². The first-order chi connectivity index (χ1) is 17.4. The Morgan fingerprint density at radius 1 is 1.08 bits per heavy atom. The molecule has 0 saturated heterocycles. The van der Waals surface area contributed by atoms with E-state index in [9.17, 15) is 23.2 Å². The molecule has 10 heteroatoms. The van der Waals surface area contributed by atoms with Crippen LogP contribution >= 0.6 is 0 Å². The standard InChI is InChI=1S/C26H22F2N2O6/c27-17-4-7-22(19(28)10-17)34-13-21(31)16-3-6-23-20(9-16)30(25(32)14-35-23)12-18-5-8-24(36-18)26(33)29-11-15-1-2-15/h3-10,15H,1-2,11-14H2,(H,29,33). The highest BCUT2D eigenvalue weighted by atomic mass is 19.1. The van der Waals surface area contributed by atoms with Crippen LogP contribution in [0.4, 0.5) is 14.5 Å². The van der Waals surface area contributed by atoms with Crippen LogP contribution in [0.1, 0.15) is 39.5 Å². The van der Waals surface area contributed by atoms with E-state index in [4.69, 9.17) is 13.9 Å². The van der Waals surface area contributed by atoms with Gasteiger partial charge in [0.05, 0.1) is 12.2 Å². The highest BCUT2D eigenvalue weighted by Crippen LogP contribution is 2.34. The van der Waals surface area contributed by atoms with Gasteiger partial charge >= 0.3 is 0 Å². The summed E-state index contributed by atoms with van der Waals surface area (Å²) in [6, 6.07) is 10.5. The average molecular weight is 496 g/mol. The second-order valence-electron chi connectivity index (χ2n) is 8.66. The molecule has 1 saturated carbocycles. The van der Waals surface area contributed by atoms with Gasteiger partial charge in [-0.3, -0.25) is 19.3 Å². The molecule has 2 heterocycles. The van der Waals surface area contributed by atoms with Crippen molar-refractivity contribution >= 4 is 23.3 Å². The normalized spacial score (nSPS) is 14.7. The van der Waals surface area contributed by atoms with Crippen LogP contribution in [0.15, 0.2) is 52.9 Å². The lowest BCUT2D eigenvalue weighted by Crippen LogP contribution is -2.38. The smallest absolute Gasteiger partial charge is 0.287 e. The van der Waals surface area contributed by atoms with Gasteiger partial charge < -0.3 is 19.2 Å². The Balaban J connectivity index is 1.29. The third-order valence-corrected chi connectivity index (χ3v) is 5.92. The number of ether oxygens (including phenoxy) is 2. The molecular formula is C26H22F2N2O6. The van der Waals surface area contributed by atoms with Crippen molar-refractivity contribution in [1.29, 1.82) is 0 Å². The summed E-state index contributed by atoms with van der Waals surface area (Å²) in [5.41, 5.74) is 0.556. The van der Waals surface area contributed by atoms with Crippen molar-refractivity contribution < 1.29 is 37.1 Å². The molecule has 1 aliphatic carbocycles. The lowest BCUT2D eigenvalue weighted by molar-refractivity contribution is -0.121. The molecule has 186 valence electrons. The zero-order valence-corrected chi connectivity index (χ0v) is 19.1. The number of Topliss-reactive ketones (excluding diaryl/α,β-unsaturated/α-hetero) is 1. The van der Waals surface area contributed by atoms with Crippen molar-refractivity contribution in [2.24, 2.45) is 5.92 Å². The Hall–Kier alpha value is -4.21. The molecule has 3 aromatic rings. The fourth-order valence-corrected chi connectivity index (χ4v) is 3.75. The van der Waals surface area contributed by atoms with Gasteiger partial charge in [0, 0.05) is 18.2 Å². The molecule has 8 nitrogen and oxygen atoms in total. The summed E-state index contributed by atoms with van der Waals surface area (Å²) in [5, 5.41) is 2.83. The first kappa shape index (κ1) is 23.5. The number of hydrogen-bond donors (Lipinski definition) is 1. The van der Waals surface area contributed by atoms with E-state index in [0.717, 1.165) is 25.0 Å². The maximum Gasteiger partial charge on any atom is 0.287 e. The first-order valence-corrected chi connectivity index (χ1v) is 11.4. The SMILES string of the molecule is O=C(COc1ccc(F)cc1F)c1ccc2c(c1)N(Cc1ccc(C(=O)NCC3CC3)o1)C(=O)CO2. The minimum absolute atomic E-state index is 0.0278. The van der Waals surface area contributed by atoms with Gasteiger partial charge in [-0.15, -0.1) is 0 Å². The molecule has 0 unspecified atom stereocenters. The summed E-state index contributed by atoms with van der Waals surface area (Å²) in [4.78, 5) is 39.0. The Labute approximate surface area is 204 Å². The van der Waals surface area contributed by atoms with Gasteiger partial charge in [-0.2, -0.15) is 0 Å². The number of fused-ring (bicyclic) bond motifs is 1. The summed E-state index contributed by atoms with van der Waals surface area (Å²) in [6.07, 6.45) is 2.23. The van der Waals surface area contributed by atoms with Crippen LogP contribution in [-0.2, 0) is 11.3 Å². The van der Waals surface area contributed by atoms with Gasteiger partial charge in [0.25, 0.3) is 11.8 Å². The van der Waals surface area contributed by atoms with E-state index in [0.29, 0.717) is 35.7 Å². The summed E-state index contributed by atoms with van der Waals surface area (Å²) in [5.74, 6) is -1.61. The Bertz CT molecular complexity index is 1330. The van der Waals surface area contributed by atoms with Crippen LogP contribution < -0.4 is 19.7 Å². The van der Waals surface area contributed by atoms with Crippen molar-refractivity contribution in [3.63, 3.8) is 0 Å². The quantitative estimate of drug-likeness (QED) is 0.452. The molecule has 1 aromatic heterocycles. The molecule has 2 aromatic carbocycles. The van der Waals surface area contributed by atoms with Crippen LogP contribution in [-0.4, -0.2) is 37.4 Å². The zero-order valence-electron chi connectivity index (χ0n) is 19.1. The number of halogens is 2. The third-order valence-electron chi connectivity index (χ3n) is 5.92. The fourth-order valence-electron chi connectivity index (χ4n) is 3.75. The number of hydrogen-bond acceptors (Lipinski definition) is 6. The summed E-state index contributed by atoms with van der Waals surface area (Å²) in [6.45, 7) is -0.0467.